The number of imide groups is 1. The summed E-state index contributed by atoms with van der Waals surface area (Å²) in [5.41, 5.74) is 3.63. The number of nitrogens with one attached hydrogen (secondary N) is 1. The lowest BCUT2D eigenvalue weighted by Gasteiger charge is -2.35. The van der Waals surface area contributed by atoms with E-state index in [-0.39, 0.29) is 30.7 Å². The predicted molar refractivity (Wildman–Crippen MR) is 150 cm³/mol. The largest absolute Gasteiger partial charge is 0.489 e. The Bertz CT molecular complexity index is 1400. The third-order valence-electron chi connectivity index (χ3n) is 8.04. The van der Waals surface area contributed by atoms with E-state index < -0.39 is 11.9 Å². The van der Waals surface area contributed by atoms with E-state index in [0.717, 1.165) is 49.7 Å². The van der Waals surface area contributed by atoms with E-state index >= 15 is 0 Å². The second-order valence-electron chi connectivity index (χ2n) is 10.8. The van der Waals surface area contributed by atoms with Crippen LogP contribution in [0.25, 0.3) is 0 Å². The van der Waals surface area contributed by atoms with Gasteiger partial charge in [0.1, 0.15) is 24.2 Å². The number of ether oxygens (including phenoxy) is 1. The van der Waals surface area contributed by atoms with Gasteiger partial charge in [0.05, 0.1) is 6.54 Å². The van der Waals surface area contributed by atoms with Gasteiger partial charge in [-0.1, -0.05) is 43.3 Å². The number of piperidine rings is 1. The molecule has 40 heavy (non-hydrogen) atoms. The van der Waals surface area contributed by atoms with Gasteiger partial charge in [-0.2, -0.15) is 0 Å². The number of rotatable bonds is 7. The molecule has 4 heterocycles. The first-order chi connectivity index (χ1) is 19.5. The molecular weight excluding hydrogens is 506 g/mol. The first-order valence-corrected chi connectivity index (χ1v) is 13.8. The van der Waals surface area contributed by atoms with Crippen molar-refractivity contribution in [1.29, 1.82) is 0 Å². The van der Waals surface area contributed by atoms with Crippen molar-refractivity contribution in [1.82, 2.24) is 20.1 Å². The topological polar surface area (TPSA) is 95.1 Å². The zero-order valence-electron chi connectivity index (χ0n) is 22.6. The molecular formula is C31H33N5O4. The number of anilines is 1. The molecule has 6 rings (SSSR count). The van der Waals surface area contributed by atoms with Gasteiger partial charge in [0.2, 0.25) is 11.8 Å². The smallest absolute Gasteiger partial charge is 0.255 e. The molecule has 1 N–H and O–H groups in total. The average Bonchev–Trinajstić information content (AvgIpc) is 3.29. The number of hydrogen-bond donors (Lipinski definition) is 1. The molecule has 2 aromatic carbocycles. The molecule has 0 spiro atoms. The van der Waals surface area contributed by atoms with Gasteiger partial charge < -0.3 is 14.5 Å². The molecule has 1 aromatic heterocycles. The Morgan fingerprint density at radius 1 is 0.925 bits per heavy atom. The van der Waals surface area contributed by atoms with Crippen LogP contribution < -0.4 is 15.0 Å². The lowest BCUT2D eigenvalue weighted by Crippen LogP contribution is -2.56. The first kappa shape index (κ1) is 26.0. The summed E-state index contributed by atoms with van der Waals surface area (Å²) in [6.45, 7) is 7.32. The Balaban J connectivity index is 1.04. The molecule has 9 heteroatoms. The number of piperazine rings is 1. The third kappa shape index (κ3) is 5.29. The second kappa shape index (κ2) is 11.1. The Morgan fingerprint density at radius 3 is 2.42 bits per heavy atom. The highest BCUT2D eigenvalue weighted by Gasteiger charge is 2.43. The molecule has 206 valence electrons. The van der Waals surface area contributed by atoms with Crippen molar-refractivity contribution >= 4 is 23.5 Å². The standard InChI is InChI=1S/C31H33N5O4/c1-21-17-28(37)33-30(38)29(21)36-19-25-24(31(36)39)5-4-6-26(25)40-20-23-10-8-22(9-11-23)18-34-13-15-35(16-14-34)27-7-2-3-12-32-27/h2-12,21,29H,13-20H2,1H3,(H,33,37,38). The van der Waals surface area contributed by atoms with Crippen LogP contribution in [0.2, 0.25) is 0 Å². The molecule has 2 atom stereocenters. The quantitative estimate of drug-likeness (QED) is 0.462. The normalized spacial score (nSPS) is 21.4. The van der Waals surface area contributed by atoms with Crippen molar-refractivity contribution in [3.63, 3.8) is 0 Å². The van der Waals surface area contributed by atoms with Crippen LogP contribution in [0, 0.1) is 5.92 Å². The Kier molecular flexibility index (Phi) is 7.21. The van der Waals surface area contributed by atoms with Crippen LogP contribution in [-0.2, 0) is 29.3 Å². The van der Waals surface area contributed by atoms with E-state index in [9.17, 15) is 14.4 Å². The summed E-state index contributed by atoms with van der Waals surface area (Å²) in [6, 6.07) is 19.3. The fourth-order valence-corrected chi connectivity index (χ4v) is 5.90. The SMILES string of the molecule is CC1CC(=O)NC(=O)C1N1Cc2c(OCc3ccc(CN4CCN(c5ccccn5)CC4)cc3)cccc2C1=O. The monoisotopic (exact) mass is 539 g/mol. The Morgan fingerprint density at radius 2 is 1.70 bits per heavy atom. The van der Waals surface area contributed by atoms with Gasteiger partial charge in [0.25, 0.3) is 5.91 Å². The molecule has 2 fully saturated rings. The molecule has 9 nitrogen and oxygen atoms in total. The zero-order chi connectivity index (χ0) is 27.6. The Labute approximate surface area is 233 Å². The van der Waals surface area contributed by atoms with E-state index in [2.05, 4.69) is 50.4 Å². The highest BCUT2D eigenvalue weighted by atomic mass is 16.5. The summed E-state index contributed by atoms with van der Waals surface area (Å²) in [5, 5.41) is 2.37. The summed E-state index contributed by atoms with van der Waals surface area (Å²) >= 11 is 0. The van der Waals surface area contributed by atoms with Crippen molar-refractivity contribution in [2.45, 2.75) is 39.1 Å². The average molecular weight is 540 g/mol. The minimum absolute atomic E-state index is 0.202. The predicted octanol–water partition coefficient (Wildman–Crippen LogP) is 2.99. The number of nitrogens with zero attached hydrogens (tertiary/aromatic N) is 4. The number of amides is 3. The van der Waals surface area contributed by atoms with Gasteiger partial charge in [0.15, 0.2) is 0 Å². The summed E-state index contributed by atoms with van der Waals surface area (Å²) in [4.78, 5) is 48.3. The summed E-state index contributed by atoms with van der Waals surface area (Å²) < 4.78 is 6.18. The molecule has 0 bridgehead atoms. The van der Waals surface area contributed by atoms with Crippen LogP contribution >= 0.6 is 0 Å². The van der Waals surface area contributed by atoms with E-state index in [1.807, 2.05) is 31.3 Å². The van der Waals surface area contributed by atoms with Gasteiger partial charge in [-0.05, 0) is 41.3 Å². The number of benzene rings is 2. The van der Waals surface area contributed by atoms with Crippen LogP contribution in [0.5, 0.6) is 5.75 Å². The zero-order valence-corrected chi connectivity index (χ0v) is 22.6. The van der Waals surface area contributed by atoms with Gasteiger partial charge >= 0.3 is 0 Å². The van der Waals surface area contributed by atoms with Gasteiger partial charge in [-0.25, -0.2) is 4.98 Å². The number of pyridine rings is 1. The minimum atomic E-state index is -0.670. The first-order valence-electron chi connectivity index (χ1n) is 13.8. The van der Waals surface area contributed by atoms with E-state index in [0.29, 0.717) is 17.9 Å². The lowest BCUT2D eigenvalue weighted by molar-refractivity contribution is -0.139. The molecule has 3 aliphatic rings. The number of carbonyl (C=O) groups excluding carboxylic acids is 3. The van der Waals surface area contributed by atoms with E-state index in [1.54, 1.807) is 17.0 Å². The maximum Gasteiger partial charge on any atom is 0.255 e. The summed E-state index contributed by atoms with van der Waals surface area (Å²) in [7, 11) is 0. The molecule has 3 aliphatic heterocycles. The molecule has 0 saturated carbocycles. The van der Waals surface area contributed by atoms with E-state index in [4.69, 9.17) is 4.74 Å². The van der Waals surface area contributed by atoms with Crippen LogP contribution in [0.15, 0.2) is 66.9 Å². The van der Waals surface area contributed by atoms with Gasteiger partial charge in [-0.3, -0.25) is 24.6 Å². The molecule has 0 radical (unpaired) electrons. The third-order valence-corrected chi connectivity index (χ3v) is 8.04. The fourth-order valence-electron chi connectivity index (χ4n) is 5.90. The minimum Gasteiger partial charge on any atom is -0.489 e. The maximum absolute atomic E-state index is 13.2. The van der Waals surface area contributed by atoms with Gasteiger partial charge in [0, 0.05) is 56.5 Å². The maximum atomic E-state index is 13.2. The van der Waals surface area contributed by atoms with Crippen molar-refractivity contribution in [3.05, 3.63) is 89.1 Å². The summed E-state index contributed by atoms with van der Waals surface area (Å²) in [5.74, 6) is 0.527. The highest BCUT2D eigenvalue weighted by molar-refractivity contribution is 6.06. The van der Waals surface area contributed by atoms with Crippen molar-refractivity contribution < 1.29 is 19.1 Å². The molecule has 3 aromatic rings. The number of hydrogen-bond acceptors (Lipinski definition) is 7. The van der Waals surface area contributed by atoms with Crippen LogP contribution in [0.1, 0.15) is 40.4 Å². The van der Waals surface area contributed by atoms with Gasteiger partial charge in [-0.15, -0.1) is 0 Å². The fraction of sp³-hybridized carbons (Fsp3) is 0.355. The molecule has 0 aliphatic carbocycles. The van der Waals surface area contributed by atoms with Crippen LogP contribution in [0.3, 0.4) is 0 Å². The highest BCUT2D eigenvalue weighted by Crippen LogP contribution is 2.35. The van der Waals surface area contributed by atoms with Crippen molar-refractivity contribution in [3.8, 4) is 5.75 Å². The van der Waals surface area contributed by atoms with E-state index in [1.165, 1.54) is 5.56 Å². The molecule has 2 unspecified atom stereocenters. The lowest BCUT2D eigenvalue weighted by atomic mass is 9.92. The van der Waals surface area contributed by atoms with Crippen LogP contribution in [0.4, 0.5) is 5.82 Å². The second-order valence-corrected chi connectivity index (χ2v) is 10.8. The van der Waals surface area contributed by atoms with Crippen molar-refractivity contribution in [2.75, 3.05) is 31.1 Å². The molecule has 2 saturated heterocycles. The van der Waals surface area contributed by atoms with Crippen molar-refractivity contribution in [2.24, 2.45) is 5.92 Å². The number of aromatic nitrogens is 1. The number of carbonyl (C=O) groups is 3. The van der Waals surface area contributed by atoms with Crippen LogP contribution in [-0.4, -0.2) is 64.7 Å². The number of fused-ring (bicyclic) bond motifs is 1. The molecule has 3 amide bonds. The summed E-state index contributed by atoms with van der Waals surface area (Å²) in [6.07, 6.45) is 2.06. The Hall–Kier alpha value is -4.24.